The fourth-order valence-corrected chi connectivity index (χ4v) is 4.12. The molecule has 0 spiro atoms. The Kier molecular flexibility index (Phi) is 8.62. The monoisotopic (exact) mass is 353 g/mol. The van der Waals surface area contributed by atoms with Crippen LogP contribution in [-0.4, -0.2) is 123 Å². The molecule has 5 heteroatoms. The first-order chi connectivity index (χ1) is 11.9. The van der Waals surface area contributed by atoms with Crippen molar-refractivity contribution >= 4 is 0 Å². The van der Waals surface area contributed by atoms with E-state index in [1.807, 2.05) is 0 Å². The van der Waals surface area contributed by atoms with Crippen LogP contribution in [0.15, 0.2) is 0 Å². The molecule has 0 bridgehead atoms. The van der Waals surface area contributed by atoms with Gasteiger partial charge in [0.25, 0.3) is 0 Å². The van der Waals surface area contributed by atoms with Gasteiger partial charge in [-0.15, -0.1) is 0 Å². The van der Waals surface area contributed by atoms with Crippen LogP contribution in [0.4, 0.5) is 0 Å². The number of likely N-dealkylation sites (tertiary alicyclic amines) is 1. The zero-order chi connectivity index (χ0) is 18.4. The molecule has 25 heavy (non-hydrogen) atoms. The van der Waals surface area contributed by atoms with Gasteiger partial charge in [-0.05, 0) is 61.3 Å². The molecule has 0 aliphatic carbocycles. The van der Waals surface area contributed by atoms with Crippen molar-refractivity contribution in [3.8, 4) is 0 Å². The lowest BCUT2D eigenvalue weighted by atomic mass is 10.1. The summed E-state index contributed by atoms with van der Waals surface area (Å²) in [6.07, 6.45) is 2.64. The molecule has 2 fully saturated rings. The SMILES string of the molecule is CC(C)N1CCC(N(C)CCC(C)N2CCN(CCN(C)C)CC2)C1. The lowest BCUT2D eigenvalue weighted by Crippen LogP contribution is -2.51. The summed E-state index contributed by atoms with van der Waals surface area (Å²) in [6.45, 7) is 18.2. The minimum atomic E-state index is 0.695. The van der Waals surface area contributed by atoms with Gasteiger partial charge in [0.1, 0.15) is 0 Å². The van der Waals surface area contributed by atoms with E-state index in [4.69, 9.17) is 0 Å². The summed E-state index contributed by atoms with van der Waals surface area (Å²) in [5.41, 5.74) is 0. The molecule has 5 nitrogen and oxygen atoms in total. The summed E-state index contributed by atoms with van der Waals surface area (Å²) in [5, 5.41) is 0. The first-order valence-electron chi connectivity index (χ1n) is 10.4. The van der Waals surface area contributed by atoms with Crippen LogP contribution in [0.3, 0.4) is 0 Å². The minimum absolute atomic E-state index is 0.695. The first kappa shape index (κ1) is 21.1. The number of hydrogen-bond donors (Lipinski definition) is 0. The van der Waals surface area contributed by atoms with Gasteiger partial charge in [0, 0.05) is 70.5 Å². The summed E-state index contributed by atoms with van der Waals surface area (Å²) in [6, 6.07) is 2.17. The second kappa shape index (κ2) is 10.2. The summed E-state index contributed by atoms with van der Waals surface area (Å²) < 4.78 is 0. The Balaban J connectivity index is 1.63. The van der Waals surface area contributed by atoms with E-state index >= 15 is 0 Å². The second-order valence-electron chi connectivity index (χ2n) is 8.83. The molecular weight excluding hydrogens is 310 g/mol. The molecule has 0 N–H and O–H groups in total. The fraction of sp³-hybridized carbons (Fsp3) is 1.00. The van der Waals surface area contributed by atoms with Gasteiger partial charge in [0.15, 0.2) is 0 Å². The van der Waals surface area contributed by atoms with E-state index in [1.165, 1.54) is 71.7 Å². The minimum Gasteiger partial charge on any atom is -0.308 e. The molecule has 2 heterocycles. The number of hydrogen-bond acceptors (Lipinski definition) is 5. The average molecular weight is 354 g/mol. The zero-order valence-corrected chi connectivity index (χ0v) is 17.7. The van der Waals surface area contributed by atoms with Crippen molar-refractivity contribution < 1.29 is 0 Å². The van der Waals surface area contributed by atoms with Gasteiger partial charge in [-0.2, -0.15) is 0 Å². The van der Waals surface area contributed by atoms with Crippen molar-refractivity contribution in [1.82, 2.24) is 24.5 Å². The molecule has 2 rings (SSSR count). The van der Waals surface area contributed by atoms with Crippen molar-refractivity contribution in [3.05, 3.63) is 0 Å². The standard InChI is InChI=1S/C20H43N5/c1-18(2)25-10-8-20(17-25)22(6)9-7-19(3)24-15-13-23(14-16-24)12-11-21(4)5/h18-20H,7-17H2,1-6H3. The normalized spacial score (nSPS) is 25.6. The molecule has 0 aromatic heterocycles. The molecule has 0 radical (unpaired) electrons. The Morgan fingerprint density at radius 1 is 0.880 bits per heavy atom. The van der Waals surface area contributed by atoms with E-state index in [0.717, 1.165) is 6.04 Å². The van der Waals surface area contributed by atoms with Crippen LogP contribution in [0.2, 0.25) is 0 Å². The van der Waals surface area contributed by atoms with E-state index in [2.05, 4.69) is 66.4 Å². The topological polar surface area (TPSA) is 16.2 Å². The summed E-state index contributed by atoms with van der Waals surface area (Å²) in [7, 11) is 6.67. The molecule has 2 atom stereocenters. The van der Waals surface area contributed by atoms with Gasteiger partial charge >= 0.3 is 0 Å². The van der Waals surface area contributed by atoms with E-state index < -0.39 is 0 Å². The number of rotatable bonds is 9. The largest absolute Gasteiger partial charge is 0.308 e. The lowest BCUT2D eigenvalue weighted by molar-refractivity contribution is 0.0877. The molecular formula is C20H43N5. The maximum Gasteiger partial charge on any atom is 0.0232 e. The van der Waals surface area contributed by atoms with Gasteiger partial charge in [0.05, 0.1) is 0 Å². The van der Waals surface area contributed by atoms with Crippen LogP contribution < -0.4 is 0 Å². The van der Waals surface area contributed by atoms with Crippen molar-refractivity contribution in [3.63, 3.8) is 0 Å². The summed E-state index contributed by atoms with van der Waals surface area (Å²) in [4.78, 5) is 12.8. The quantitative estimate of drug-likeness (QED) is 0.620. The molecule has 2 aliphatic rings. The van der Waals surface area contributed by atoms with E-state index in [9.17, 15) is 0 Å². The molecule has 0 aromatic rings. The molecule has 0 amide bonds. The van der Waals surface area contributed by atoms with Gasteiger partial charge in [0.2, 0.25) is 0 Å². The molecule has 0 saturated carbocycles. The molecule has 2 saturated heterocycles. The van der Waals surface area contributed by atoms with Gasteiger partial charge in [-0.3, -0.25) is 14.7 Å². The highest BCUT2D eigenvalue weighted by atomic mass is 15.3. The third-order valence-electron chi connectivity index (χ3n) is 6.34. The molecule has 2 unspecified atom stereocenters. The number of piperazine rings is 1. The Labute approximate surface area is 156 Å². The Morgan fingerprint density at radius 3 is 2.12 bits per heavy atom. The number of likely N-dealkylation sites (N-methyl/N-ethyl adjacent to an activating group) is 2. The summed E-state index contributed by atoms with van der Waals surface area (Å²) >= 11 is 0. The third-order valence-corrected chi connectivity index (χ3v) is 6.34. The maximum atomic E-state index is 2.70. The highest BCUT2D eigenvalue weighted by Gasteiger charge is 2.27. The Morgan fingerprint density at radius 2 is 1.56 bits per heavy atom. The maximum absolute atomic E-state index is 2.70. The smallest absolute Gasteiger partial charge is 0.0232 e. The van der Waals surface area contributed by atoms with Gasteiger partial charge in [-0.1, -0.05) is 0 Å². The zero-order valence-electron chi connectivity index (χ0n) is 17.7. The van der Waals surface area contributed by atoms with Crippen LogP contribution in [0.25, 0.3) is 0 Å². The predicted octanol–water partition coefficient (Wildman–Crippen LogP) is 1.36. The first-order valence-corrected chi connectivity index (χ1v) is 10.4. The van der Waals surface area contributed by atoms with Crippen molar-refractivity contribution in [2.75, 3.05) is 80.0 Å². The second-order valence-corrected chi connectivity index (χ2v) is 8.83. The highest BCUT2D eigenvalue weighted by molar-refractivity contribution is 4.84. The Bertz CT molecular complexity index is 365. The molecule has 0 aromatic carbocycles. The highest BCUT2D eigenvalue weighted by Crippen LogP contribution is 2.18. The van der Waals surface area contributed by atoms with E-state index in [-0.39, 0.29) is 0 Å². The van der Waals surface area contributed by atoms with Gasteiger partial charge < -0.3 is 9.80 Å². The van der Waals surface area contributed by atoms with Crippen LogP contribution in [-0.2, 0) is 0 Å². The van der Waals surface area contributed by atoms with Crippen molar-refractivity contribution in [2.24, 2.45) is 0 Å². The Hall–Kier alpha value is -0.200. The van der Waals surface area contributed by atoms with Crippen molar-refractivity contribution in [2.45, 2.75) is 51.7 Å². The van der Waals surface area contributed by atoms with Crippen molar-refractivity contribution in [1.29, 1.82) is 0 Å². The molecule has 2 aliphatic heterocycles. The van der Waals surface area contributed by atoms with Crippen LogP contribution >= 0.6 is 0 Å². The van der Waals surface area contributed by atoms with Crippen LogP contribution in [0.5, 0.6) is 0 Å². The van der Waals surface area contributed by atoms with Crippen LogP contribution in [0, 0.1) is 0 Å². The van der Waals surface area contributed by atoms with E-state index in [0.29, 0.717) is 12.1 Å². The lowest BCUT2D eigenvalue weighted by Gasteiger charge is -2.39. The predicted molar refractivity (Wildman–Crippen MR) is 108 cm³/mol. The van der Waals surface area contributed by atoms with Crippen LogP contribution in [0.1, 0.15) is 33.6 Å². The van der Waals surface area contributed by atoms with E-state index in [1.54, 1.807) is 0 Å². The fourth-order valence-electron chi connectivity index (χ4n) is 4.12. The molecule has 148 valence electrons. The number of nitrogens with zero attached hydrogens (tertiary/aromatic N) is 5. The third kappa shape index (κ3) is 6.79. The average Bonchev–Trinajstić information content (AvgIpc) is 3.08. The van der Waals surface area contributed by atoms with Gasteiger partial charge in [-0.25, -0.2) is 0 Å². The summed E-state index contributed by atoms with van der Waals surface area (Å²) in [5.74, 6) is 0.